The van der Waals surface area contributed by atoms with Gasteiger partial charge in [-0.2, -0.15) is 0 Å². The standard InChI is InChI=1S/C12H13NOS/c1-9-6-7-15-11(9)8-13-10(2)4-3-5-12(13)14/h3-7H,8H2,1-2H3. The van der Waals surface area contributed by atoms with Crippen molar-refractivity contribution in [2.45, 2.75) is 20.4 Å². The molecule has 0 fully saturated rings. The zero-order valence-electron chi connectivity index (χ0n) is 8.86. The summed E-state index contributed by atoms with van der Waals surface area (Å²) in [6.07, 6.45) is 0. The smallest absolute Gasteiger partial charge is 0.251 e. The van der Waals surface area contributed by atoms with Crippen molar-refractivity contribution in [2.75, 3.05) is 0 Å². The lowest BCUT2D eigenvalue weighted by Gasteiger charge is -2.08. The van der Waals surface area contributed by atoms with E-state index in [1.165, 1.54) is 10.4 Å². The first-order valence-corrected chi connectivity index (χ1v) is 5.76. The Bertz CT molecular complexity index is 524. The predicted octanol–water partition coefficient (Wildman–Crippen LogP) is 2.57. The molecule has 0 spiro atoms. The Hall–Kier alpha value is -1.35. The summed E-state index contributed by atoms with van der Waals surface area (Å²) < 4.78 is 1.80. The van der Waals surface area contributed by atoms with Crippen LogP contribution in [0.3, 0.4) is 0 Å². The molecule has 2 rings (SSSR count). The van der Waals surface area contributed by atoms with E-state index < -0.39 is 0 Å². The molecule has 0 unspecified atom stereocenters. The number of hydrogen-bond donors (Lipinski definition) is 0. The first kappa shape index (κ1) is 10.2. The van der Waals surface area contributed by atoms with Gasteiger partial charge in [0.1, 0.15) is 0 Å². The maximum Gasteiger partial charge on any atom is 0.251 e. The van der Waals surface area contributed by atoms with Crippen molar-refractivity contribution in [3.8, 4) is 0 Å². The Morgan fingerprint density at radius 2 is 2.07 bits per heavy atom. The second kappa shape index (κ2) is 4.03. The van der Waals surface area contributed by atoms with E-state index >= 15 is 0 Å². The Morgan fingerprint density at radius 3 is 2.67 bits per heavy atom. The monoisotopic (exact) mass is 219 g/mol. The Labute approximate surface area is 92.8 Å². The van der Waals surface area contributed by atoms with Crippen LogP contribution in [0.2, 0.25) is 0 Å². The molecule has 0 atom stereocenters. The molecule has 2 heterocycles. The van der Waals surface area contributed by atoms with Crippen molar-refractivity contribution >= 4 is 11.3 Å². The highest BCUT2D eigenvalue weighted by molar-refractivity contribution is 7.10. The van der Waals surface area contributed by atoms with E-state index in [9.17, 15) is 4.79 Å². The lowest BCUT2D eigenvalue weighted by Crippen LogP contribution is -2.21. The first-order chi connectivity index (χ1) is 7.18. The van der Waals surface area contributed by atoms with Crippen LogP contribution in [-0.4, -0.2) is 4.57 Å². The molecule has 15 heavy (non-hydrogen) atoms. The van der Waals surface area contributed by atoms with Gasteiger partial charge in [-0.3, -0.25) is 4.79 Å². The normalized spacial score (nSPS) is 10.5. The van der Waals surface area contributed by atoms with Gasteiger partial charge in [0.05, 0.1) is 6.54 Å². The van der Waals surface area contributed by atoms with Gasteiger partial charge >= 0.3 is 0 Å². The number of nitrogens with zero attached hydrogens (tertiary/aromatic N) is 1. The number of hydrogen-bond acceptors (Lipinski definition) is 2. The summed E-state index contributed by atoms with van der Waals surface area (Å²) in [6.45, 7) is 4.73. The van der Waals surface area contributed by atoms with Crippen LogP contribution in [-0.2, 0) is 6.54 Å². The van der Waals surface area contributed by atoms with Crippen molar-refractivity contribution in [2.24, 2.45) is 0 Å². The maximum absolute atomic E-state index is 11.6. The highest BCUT2D eigenvalue weighted by Gasteiger charge is 2.04. The van der Waals surface area contributed by atoms with Crippen molar-refractivity contribution < 1.29 is 0 Å². The van der Waals surface area contributed by atoms with Gasteiger partial charge in [0, 0.05) is 16.6 Å². The van der Waals surface area contributed by atoms with Crippen LogP contribution in [0.15, 0.2) is 34.4 Å². The van der Waals surface area contributed by atoms with Gasteiger partial charge in [-0.1, -0.05) is 6.07 Å². The minimum absolute atomic E-state index is 0.0720. The van der Waals surface area contributed by atoms with Crippen LogP contribution in [0.5, 0.6) is 0 Å². The minimum Gasteiger partial charge on any atom is -0.308 e. The molecular formula is C12H13NOS. The number of rotatable bonds is 2. The highest BCUT2D eigenvalue weighted by Crippen LogP contribution is 2.16. The van der Waals surface area contributed by atoms with Crippen molar-refractivity contribution in [1.29, 1.82) is 0 Å². The predicted molar refractivity (Wildman–Crippen MR) is 63.6 cm³/mol. The summed E-state index contributed by atoms with van der Waals surface area (Å²) >= 11 is 1.70. The molecule has 0 saturated carbocycles. The van der Waals surface area contributed by atoms with Crippen molar-refractivity contribution in [3.63, 3.8) is 0 Å². The van der Waals surface area contributed by atoms with Gasteiger partial charge in [-0.25, -0.2) is 0 Å². The largest absolute Gasteiger partial charge is 0.308 e. The molecule has 3 heteroatoms. The lowest BCUT2D eigenvalue weighted by atomic mass is 10.3. The first-order valence-electron chi connectivity index (χ1n) is 4.88. The molecule has 0 aliphatic carbocycles. The summed E-state index contributed by atoms with van der Waals surface area (Å²) in [5.41, 5.74) is 2.34. The Morgan fingerprint density at radius 1 is 1.27 bits per heavy atom. The molecule has 0 aliphatic rings. The van der Waals surface area contributed by atoms with E-state index in [1.54, 1.807) is 28.0 Å². The molecule has 2 aromatic rings. The zero-order chi connectivity index (χ0) is 10.8. The number of aromatic nitrogens is 1. The summed E-state index contributed by atoms with van der Waals surface area (Å²) in [7, 11) is 0. The van der Waals surface area contributed by atoms with Gasteiger partial charge in [0.25, 0.3) is 5.56 Å². The van der Waals surface area contributed by atoms with Crippen LogP contribution >= 0.6 is 11.3 Å². The van der Waals surface area contributed by atoms with E-state index in [2.05, 4.69) is 18.4 Å². The van der Waals surface area contributed by atoms with Crippen LogP contribution in [0.25, 0.3) is 0 Å². The van der Waals surface area contributed by atoms with Gasteiger partial charge in [0.2, 0.25) is 0 Å². The maximum atomic E-state index is 11.6. The van der Waals surface area contributed by atoms with Crippen LogP contribution in [0, 0.1) is 13.8 Å². The number of thiophene rings is 1. The van der Waals surface area contributed by atoms with E-state index in [-0.39, 0.29) is 5.56 Å². The van der Waals surface area contributed by atoms with E-state index in [1.807, 2.05) is 13.0 Å². The Kier molecular flexibility index (Phi) is 2.73. The molecule has 0 N–H and O–H groups in total. The summed E-state index contributed by atoms with van der Waals surface area (Å²) in [5, 5.41) is 2.06. The van der Waals surface area contributed by atoms with E-state index in [0.29, 0.717) is 6.54 Å². The molecule has 2 nitrogen and oxygen atoms in total. The topological polar surface area (TPSA) is 22.0 Å². The molecule has 0 radical (unpaired) electrons. The summed E-state index contributed by atoms with van der Waals surface area (Å²) in [6, 6.07) is 7.46. The van der Waals surface area contributed by atoms with Crippen LogP contribution < -0.4 is 5.56 Å². The van der Waals surface area contributed by atoms with Gasteiger partial charge in [0.15, 0.2) is 0 Å². The lowest BCUT2D eigenvalue weighted by molar-refractivity contribution is 0.736. The molecule has 0 aliphatic heterocycles. The fraction of sp³-hybridized carbons (Fsp3) is 0.250. The SMILES string of the molecule is Cc1ccsc1Cn1c(C)cccc1=O. The third-order valence-electron chi connectivity index (χ3n) is 2.54. The second-order valence-corrected chi connectivity index (χ2v) is 4.62. The average molecular weight is 219 g/mol. The highest BCUT2D eigenvalue weighted by atomic mass is 32.1. The van der Waals surface area contributed by atoms with Crippen molar-refractivity contribution in [3.05, 3.63) is 56.1 Å². The summed E-state index contributed by atoms with van der Waals surface area (Å²) in [4.78, 5) is 12.9. The molecule has 78 valence electrons. The second-order valence-electron chi connectivity index (χ2n) is 3.62. The molecule has 0 bridgehead atoms. The molecule has 0 saturated heterocycles. The molecule has 2 aromatic heterocycles. The van der Waals surface area contributed by atoms with Gasteiger partial charge in [-0.15, -0.1) is 11.3 Å². The molecule has 0 aromatic carbocycles. The minimum atomic E-state index is 0.0720. The van der Waals surface area contributed by atoms with E-state index in [4.69, 9.17) is 0 Å². The summed E-state index contributed by atoms with van der Waals surface area (Å²) in [5.74, 6) is 0. The van der Waals surface area contributed by atoms with Crippen molar-refractivity contribution in [1.82, 2.24) is 4.57 Å². The third-order valence-corrected chi connectivity index (χ3v) is 3.55. The van der Waals surface area contributed by atoms with Gasteiger partial charge in [-0.05, 0) is 36.9 Å². The van der Waals surface area contributed by atoms with Crippen LogP contribution in [0.4, 0.5) is 0 Å². The molecule has 0 amide bonds. The quantitative estimate of drug-likeness (QED) is 0.761. The van der Waals surface area contributed by atoms with E-state index in [0.717, 1.165) is 5.69 Å². The fourth-order valence-electron chi connectivity index (χ4n) is 1.54. The zero-order valence-corrected chi connectivity index (χ0v) is 9.67. The Balaban J connectivity index is 2.41. The fourth-order valence-corrected chi connectivity index (χ4v) is 2.43. The van der Waals surface area contributed by atoms with Crippen LogP contribution in [0.1, 0.15) is 16.1 Å². The third kappa shape index (κ3) is 2.02. The number of pyridine rings is 1. The average Bonchev–Trinajstić information content (AvgIpc) is 2.58. The molecular weight excluding hydrogens is 206 g/mol. The van der Waals surface area contributed by atoms with Gasteiger partial charge < -0.3 is 4.57 Å². The number of aryl methyl sites for hydroxylation is 2.